The number of rotatable bonds is 10. The summed E-state index contributed by atoms with van der Waals surface area (Å²) in [4.78, 5) is 32.3. The maximum Gasteiger partial charge on any atom is 0.336 e. The molecule has 0 radical (unpaired) electrons. The zero-order chi connectivity index (χ0) is 29.6. The number of amides is 2. The van der Waals surface area contributed by atoms with Gasteiger partial charge in [0.2, 0.25) is 0 Å². The Hall–Kier alpha value is -4.13. The van der Waals surface area contributed by atoms with Crippen LogP contribution in [0.2, 0.25) is 0 Å². The summed E-state index contributed by atoms with van der Waals surface area (Å²) in [5.41, 5.74) is 6.57. The van der Waals surface area contributed by atoms with Crippen molar-refractivity contribution in [3.63, 3.8) is 0 Å². The van der Waals surface area contributed by atoms with Gasteiger partial charge in [0.25, 0.3) is 0 Å². The van der Waals surface area contributed by atoms with E-state index >= 15 is 0 Å². The fourth-order valence-electron chi connectivity index (χ4n) is 6.14. The van der Waals surface area contributed by atoms with Crippen LogP contribution in [0.1, 0.15) is 87.0 Å². The van der Waals surface area contributed by atoms with Gasteiger partial charge in [-0.05, 0) is 85.7 Å². The molecular formula is C35H42N4O3. The topological polar surface area (TPSA) is 87.5 Å². The molecule has 1 aliphatic carbocycles. The molecule has 0 aliphatic heterocycles. The number of hydrogen-bond acceptors (Lipinski definition) is 3. The highest BCUT2D eigenvalue weighted by molar-refractivity contribution is 5.97. The predicted octanol–water partition coefficient (Wildman–Crippen LogP) is 8.30. The number of nitrogens with zero attached hydrogens (tertiary/aromatic N) is 3. The van der Waals surface area contributed by atoms with Gasteiger partial charge in [-0.1, -0.05) is 63.8 Å². The van der Waals surface area contributed by atoms with Crippen molar-refractivity contribution in [3.8, 4) is 16.8 Å². The van der Waals surface area contributed by atoms with Crippen molar-refractivity contribution in [2.24, 2.45) is 0 Å². The van der Waals surface area contributed by atoms with Crippen LogP contribution in [0.4, 0.5) is 10.5 Å². The van der Waals surface area contributed by atoms with Crippen molar-refractivity contribution in [1.29, 1.82) is 0 Å². The highest BCUT2D eigenvalue weighted by atomic mass is 16.4. The number of urea groups is 1. The summed E-state index contributed by atoms with van der Waals surface area (Å²) in [5.74, 6) is 0.0454. The van der Waals surface area contributed by atoms with Gasteiger partial charge in [-0.15, -0.1) is 0 Å². The summed E-state index contributed by atoms with van der Waals surface area (Å²) in [7, 11) is 0. The van der Waals surface area contributed by atoms with Crippen molar-refractivity contribution in [3.05, 3.63) is 77.6 Å². The van der Waals surface area contributed by atoms with E-state index in [0.29, 0.717) is 12.1 Å². The molecule has 5 rings (SSSR count). The van der Waals surface area contributed by atoms with Crippen LogP contribution in [-0.4, -0.2) is 39.2 Å². The van der Waals surface area contributed by atoms with E-state index in [2.05, 4.69) is 35.9 Å². The Kier molecular flexibility index (Phi) is 9.25. The van der Waals surface area contributed by atoms with Crippen LogP contribution in [-0.2, 0) is 6.42 Å². The zero-order valence-electron chi connectivity index (χ0n) is 25.0. The molecule has 4 aromatic rings. The number of anilines is 1. The number of nitrogens with one attached hydrogen (secondary N) is 1. The first-order chi connectivity index (χ1) is 20.4. The van der Waals surface area contributed by atoms with Crippen LogP contribution < -0.4 is 10.2 Å². The Morgan fingerprint density at radius 1 is 0.976 bits per heavy atom. The van der Waals surface area contributed by atoms with Gasteiger partial charge in [0.1, 0.15) is 5.82 Å². The van der Waals surface area contributed by atoms with E-state index in [-0.39, 0.29) is 17.6 Å². The van der Waals surface area contributed by atoms with Crippen LogP contribution in [0.5, 0.6) is 0 Å². The molecule has 2 N–H and O–H groups in total. The third kappa shape index (κ3) is 6.20. The van der Waals surface area contributed by atoms with Crippen LogP contribution in [0.25, 0.3) is 27.8 Å². The van der Waals surface area contributed by atoms with Gasteiger partial charge in [-0.2, -0.15) is 0 Å². The van der Waals surface area contributed by atoms with Gasteiger partial charge >= 0.3 is 12.0 Å². The highest BCUT2D eigenvalue weighted by Gasteiger charge is 2.22. The van der Waals surface area contributed by atoms with E-state index in [1.165, 1.54) is 19.3 Å². The number of carbonyl (C=O) groups is 2. The number of aromatic nitrogens is 2. The number of carboxylic acid groups (broad SMARTS) is 1. The number of imidazole rings is 1. The molecule has 1 fully saturated rings. The summed E-state index contributed by atoms with van der Waals surface area (Å²) in [6.45, 7) is 6.93. The number of unbranched alkanes of at least 4 members (excludes halogenated alkanes) is 1. The van der Waals surface area contributed by atoms with Crippen molar-refractivity contribution in [2.75, 3.05) is 11.4 Å². The molecule has 2 amide bonds. The molecule has 1 aliphatic rings. The standard InChI is InChI=1S/C35H42N4O3/c1-4-6-16-33-37-31-20-18-26(38(21-5-2)35(42)36-25-12-8-7-9-13-25)23-32(31)39(33)27-17-19-28(24(3)22-27)29-14-10-11-15-30(29)34(40)41/h10-11,14-15,17-20,22-23,25H,4-9,12-13,16,21H2,1-3H3,(H,36,42)(H,40,41). The smallest absolute Gasteiger partial charge is 0.336 e. The fourth-order valence-corrected chi connectivity index (χ4v) is 6.14. The molecule has 0 saturated heterocycles. The van der Waals surface area contributed by atoms with Crippen LogP contribution >= 0.6 is 0 Å². The molecule has 42 heavy (non-hydrogen) atoms. The average Bonchev–Trinajstić information content (AvgIpc) is 3.36. The third-order valence-electron chi connectivity index (χ3n) is 8.31. The normalized spacial score (nSPS) is 13.8. The van der Waals surface area contributed by atoms with Gasteiger partial charge in [0.05, 0.1) is 16.6 Å². The Morgan fingerprint density at radius 3 is 2.48 bits per heavy atom. The van der Waals surface area contributed by atoms with Gasteiger partial charge in [-0.3, -0.25) is 9.47 Å². The summed E-state index contributed by atoms with van der Waals surface area (Å²) >= 11 is 0. The van der Waals surface area contributed by atoms with Crippen LogP contribution in [0, 0.1) is 6.92 Å². The largest absolute Gasteiger partial charge is 0.478 e. The highest BCUT2D eigenvalue weighted by Crippen LogP contribution is 2.32. The molecule has 0 bridgehead atoms. The minimum atomic E-state index is -0.937. The molecule has 0 atom stereocenters. The molecule has 220 valence electrons. The van der Waals surface area contributed by atoms with Crippen molar-refractivity contribution in [2.45, 2.75) is 84.6 Å². The molecular weight excluding hydrogens is 524 g/mol. The van der Waals surface area contributed by atoms with E-state index in [4.69, 9.17) is 4.98 Å². The van der Waals surface area contributed by atoms with Crippen molar-refractivity contribution < 1.29 is 14.7 Å². The van der Waals surface area contributed by atoms with Crippen molar-refractivity contribution >= 4 is 28.7 Å². The maximum atomic E-state index is 13.5. The lowest BCUT2D eigenvalue weighted by atomic mass is 9.95. The maximum absolute atomic E-state index is 13.5. The van der Waals surface area contributed by atoms with E-state index in [0.717, 1.165) is 77.9 Å². The SMILES string of the molecule is CCCCc1nc2ccc(N(CCC)C(=O)NC3CCCCC3)cc2n1-c1ccc(-c2ccccc2C(=O)O)c(C)c1. The summed E-state index contributed by atoms with van der Waals surface area (Å²) < 4.78 is 2.21. The summed E-state index contributed by atoms with van der Waals surface area (Å²) in [5, 5.41) is 13.0. The number of hydrogen-bond donors (Lipinski definition) is 2. The lowest BCUT2D eigenvalue weighted by Crippen LogP contribution is -2.46. The zero-order valence-corrected chi connectivity index (χ0v) is 25.0. The van der Waals surface area contributed by atoms with E-state index in [1.807, 2.05) is 48.2 Å². The van der Waals surface area contributed by atoms with Crippen LogP contribution in [0.3, 0.4) is 0 Å². The number of aryl methyl sites for hydroxylation is 2. The Balaban J connectivity index is 1.56. The summed E-state index contributed by atoms with van der Waals surface area (Å²) in [6, 6.07) is 19.6. The fraction of sp³-hybridized carbons (Fsp3) is 0.400. The van der Waals surface area contributed by atoms with Crippen molar-refractivity contribution in [1.82, 2.24) is 14.9 Å². The second-order valence-electron chi connectivity index (χ2n) is 11.4. The lowest BCUT2D eigenvalue weighted by molar-refractivity contribution is 0.0697. The second kappa shape index (κ2) is 13.2. The minimum absolute atomic E-state index is 0.0299. The number of fused-ring (bicyclic) bond motifs is 1. The molecule has 1 aromatic heterocycles. The van der Waals surface area contributed by atoms with Gasteiger partial charge in [-0.25, -0.2) is 14.6 Å². The number of benzene rings is 3. The summed E-state index contributed by atoms with van der Waals surface area (Å²) in [6.07, 6.45) is 9.46. The lowest BCUT2D eigenvalue weighted by Gasteiger charge is -2.28. The molecule has 0 unspecified atom stereocenters. The number of carbonyl (C=O) groups excluding carboxylic acids is 1. The second-order valence-corrected chi connectivity index (χ2v) is 11.4. The quantitative estimate of drug-likeness (QED) is 0.202. The average molecular weight is 567 g/mol. The minimum Gasteiger partial charge on any atom is -0.478 e. The van der Waals surface area contributed by atoms with Gasteiger partial charge in [0, 0.05) is 30.4 Å². The van der Waals surface area contributed by atoms with Gasteiger partial charge < -0.3 is 10.4 Å². The first-order valence-corrected chi connectivity index (χ1v) is 15.4. The number of aromatic carboxylic acids is 1. The molecule has 7 heteroatoms. The van der Waals surface area contributed by atoms with E-state index in [1.54, 1.807) is 12.1 Å². The predicted molar refractivity (Wildman–Crippen MR) is 170 cm³/mol. The van der Waals surface area contributed by atoms with E-state index in [9.17, 15) is 14.7 Å². The molecule has 1 saturated carbocycles. The first-order valence-electron chi connectivity index (χ1n) is 15.4. The first kappa shape index (κ1) is 29.4. The van der Waals surface area contributed by atoms with E-state index < -0.39 is 5.97 Å². The number of carboxylic acids is 1. The molecule has 1 heterocycles. The molecule has 7 nitrogen and oxygen atoms in total. The Bertz CT molecular complexity index is 1570. The molecule has 0 spiro atoms. The molecule has 3 aromatic carbocycles. The Labute approximate surface area is 248 Å². The Morgan fingerprint density at radius 2 is 1.76 bits per heavy atom. The van der Waals surface area contributed by atoms with Crippen LogP contribution in [0.15, 0.2) is 60.7 Å². The third-order valence-corrected chi connectivity index (χ3v) is 8.31. The monoisotopic (exact) mass is 566 g/mol. The van der Waals surface area contributed by atoms with Gasteiger partial charge in [0.15, 0.2) is 0 Å².